The molecule has 4 aromatic rings. The van der Waals surface area contributed by atoms with Crippen LogP contribution in [-0.4, -0.2) is 50.5 Å². The predicted molar refractivity (Wildman–Crippen MR) is 126 cm³/mol. The zero-order chi connectivity index (χ0) is 22.6. The molecule has 1 aliphatic rings. The van der Waals surface area contributed by atoms with Crippen LogP contribution in [0.1, 0.15) is 30.4 Å². The van der Waals surface area contributed by atoms with Gasteiger partial charge in [0.1, 0.15) is 24.6 Å². The number of nitrogens with one attached hydrogen (secondary N) is 1. The summed E-state index contributed by atoms with van der Waals surface area (Å²) in [7, 11) is 0. The Hall–Kier alpha value is -3.06. The quantitative estimate of drug-likeness (QED) is 0.407. The summed E-state index contributed by atoms with van der Waals surface area (Å²) >= 11 is 0. The number of alkyl halides is 1. The van der Waals surface area contributed by atoms with E-state index in [1.54, 1.807) is 24.8 Å². The summed E-state index contributed by atoms with van der Waals surface area (Å²) in [5, 5.41) is 8.77. The molecular weight excluding hydrogens is 420 g/mol. The highest BCUT2D eigenvalue weighted by Crippen LogP contribution is 2.26. The number of rotatable bonds is 8. The number of benzene rings is 2. The van der Waals surface area contributed by atoms with Crippen LogP contribution in [0.15, 0.2) is 61.3 Å². The Bertz CT molecular complexity index is 1180. The molecular formula is C26H29F2N5. The maximum Gasteiger partial charge on any atom is 0.123 e. The van der Waals surface area contributed by atoms with Gasteiger partial charge in [-0.05, 0) is 86.1 Å². The van der Waals surface area contributed by atoms with Crippen LogP contribution < -0.4 is 0 Å². The molecule has 1 saturated heterocycles. The zero-order valence-corrected chi connectivity index (χ0v) is 18.6. The maximum absolute atomic E-state index is 15.0. The van der Waals surface area contributed by atoms with Gasteiger partial charge in [-0.3, -0.25) is 4.57 Å². The first-order chi connectivity index (χ1) is 16.1. The molecule has 0 bridgehead atoms. The summed E-state index contributed by atoms with van der Waals surface area (Å²) in [4.78, 5) is 5.51. The molecule has 0 saturated carbocycles. The average molecular weight is 450 g/mol. The van der Waals surface area contributed by atoms with Crippen molar-refractivity contribution < 1.29 is 8.78 Å². The van der Waals surface area contributed by atoms with Crippen molar-refractivity contribution in [2.24, 2.45) is 5.92 Å². The summed E-state index contributed by atoms with van der Waals surface area (Å²) < 4.78 is 30.3. The molecule has 7 heteroatoms. The molecule has 0 radical (unpaired) electrons. The van der Waals surface area contributed by atoms with Gasteiger partial charge >= 0.3 is 0 Å². The highest BCUT2D eigenvalue weighted by molar-refractivity contribution is 5.85. The lowest BCUT2D eigenvalue weighted by Gasteiger charge is -2.32. The van der Waals surface area contributed by atoms with E-state index in [4.69, 9.17) is 0 Å². The average Bonchev–Trinajstić information content (AvgIpc) is 3.49. The SMILES string of the molecule is Fc1cccc(CCC2CCN(CC(F)Cc3c[nH]c4ccc(-n5cnnc5)cc34)CC2)c1. The van der Waals surface area contributed by atoms with Crippen molar-refractivity contribution in [2.45, 2.75) is 38.3 Å². The summed E-state index contributed by atoms with van der Waals surface area (Å²) in [6, 6.07) is 12.9. The van der Waals surface area contributed by atoms with Crippen molar-refractivity contribution in [3.8, 4) is 5.69 Å². The van der Waals surface area contributed by atoms with Crippen molar-refractivity contribution in [1.29, 1.82) is 0 Å². The Balaban J connectivity index is 1.12. The number of halogens is 2. The van der Waals surface area contributed by atoms with Crippen LogP contribution in [0.4, 0.5) is 8.78 Å². The normalized spacial score (nSPS) is 16.4. The summed E-state index contributed by atoms with van der Waals surface area (Å²) in [6.45, 7) is 2.33. The summed E-state index contributed by atoms with van der Waals surface area (Å²) in [5.74, 6) is 0.466. The fourth-order valence-electron chi connectivity index (χ4n) is 4.93. The summed E-state index contributed by atoms with van der Waals surface area (Å²) in [6.07, 6.45) is 8.87. The molecule has 5 rings (SSSR count). The molecule has 0 aliphatic carbocycles. The molecule has 1 unspecified atom stereocenters. The largest absolute Gasteiger partial charge is 0.361 e. The van der Waals surface area contributed by atoms with E-state index in [1.165, 1.54) is 6.07 Å². The van der Waals surface area contributed by atoms with Crippen molar-refractivity contribution in [3.63, 3.8) is 0 Å². The van der Waals surface area contributed by atoms with Crippen LogP contribution in [0, 0.1) is 11.7 Å². The third-order valence-electron chi connectivity index (χ3n) is 6.80. The van der Waals surface area contributed by atoms with Crippen molar-refractivity contribution in [2.75, 3.05) is 19.6 Å². The molecule has 0 spiro atoms. The molecule has 2 aromatic heterocycles. The van der Waals surface area contributed by atoms with Gasteiger partial charge < -0.3 is 9.88 Å². The van der Waals surface area contributed by atoms with Gasteiger partial charge in [0.05, 0.1) is 0 Å². The number of piperidine rings is 1. The van der Waals surface area contributed by atoms with Gasteiger partial charge in [-0.25, -0.2) is 8.78 Å². The summed E-state index contributed by atoms with van der Waals surface area (Å²) in [5.41, 5.74) is 4.03. The molecule has 1 N–H and O–H groups in total. The van der Waals surface area contributed by atoms with Crippen molar-refractivity contribution >= 4 is 10.9 Å². The number of likely N-dealkylation sites (tertiary alicyclic amines) is 1. The molecule has 2 aromatic carbocycles. The minimum absolute atomic E-state index is 0.165. The Morgan fingerprint density at radius 2 is 1.88 bits per heavy atom. The second-order valence-corrected chi connectivity index (χ2v) is 9.13. The second-order valence-electron chi connectivity index (χ2n) is 9.13. The Morgan fingerprint density at radius 3 is 2.67 bits per heavy atom. The lowest BCUT2D eigenvalue weighted by atomic mass is 9.90. The first kappa shape index (κ1) is 21.8. The minimum atomic E-state index is -0.911. The Kier molecular flexibility index (Phi) is 6.48. The van der Waals surface area contributed by atoms with Crippen LogP contribution in [-0.2, 0) is 12.8 Å². The smallest absolute Gasteiger partial charge is 0.123 e. The molecule has 33 heavy (non-hydrogen) atoms. The standard InChI is InChI=1S/C26H29F2N5/c27-22-3-1-2-20(12-22)5-4-19-8-10-32(11-9-19)16-23(28)13-21-15-29-26-7-6-24(14-25(21)26)33-17-30-31-18-33/h1-3,6-7,12,14-15,17-19,23,29H,4-5,8-11,13,16H2. The third-order valence-corrected chi connectivity index (χ3v) is 6.80. The van der Waals surface area contributed by atoms with E-state index in [1.807, 2.05) is 29.0 Å². The van der Waals surface area contributed by atoms with Gasteiger partial charge in [-0.1, -0.05) is 12.1 Å². The first-order valence-corrected chi connectivity index (χ1v) is 11.7. The fraction of sp³-hybridized carbons (Fsp3) is 0.385. The van der Waals surface area contributed by atoms with Crippen LogP contribution in [0.5, 0.6) is 0 Å². The number of aromatic amines is 1. The molecule has 3 heterocycles. The van der Waals surface area contributed by atoms with E-state index in [-0.39, 0.29) is 5.82 Å². The van der Waals surface area contributed by atoms with Crippen LogP contribution in [0.25, 0.3) is 16.6 Å². The third kappa shape index (κ3) is 5.30. The van der Waals surface area contributed by atoms with E-state index >= 15 is 4.39 Å². The zero-order valence-electron chi connectivity index (χ0n) is 18.6. The molecule has 1 aliphatic heterocycles. The van der Waals surface area contributed by atoms with Crippen LogP contribution in [0.3, 0.4) is 0 Å². The van der Waals surface area contributed by atoms with Crippen LogP contribution >= 0.6 is 0 Å². The number of aromatic nitrogens is 4. The molecule has 1 atom stereocenters. The van der Waals surface area contributed by atoms with Gasteiger partial charge in [0.2, 0.25) is 0 Å². The van der Waals surface area contributed by atoms with E-state index in [0.29, 0.717) is 18.9 Å². The van der Waals surface area contributed by atoms with Gasteiger partial charge in [-0.2, -0.15) is 0 Å². The number of hydrogen-bond donors (Lipinski definition) is 1. The first-order valence-electron chi connectivity index (χ1n) is 11.7. The molecule has 0 amide bonds. The maximum atomic E-state index is 15.0. The predicted octanol–water partition coefficient (Wildman–Crippen LogP) is 5.11. The van der Waals surface area contributed by atoms with E-state index < -0.39 is 6.17 Å². The molecule has 5 nitrogen and oxygen atoms in total. The number of nitrogens with zero attached hydrogens (tertiary/aromatic N) is 4. The minimum Gasteiger partial charge on any atom is -0.361 e. The Morgan fingerprint density at radius 1 is 1.06 bits per heavy atom. The molecule has 1 fully saturated rings. The number of H-pyrrole nitrogens is 1. The van der Waals surface area contributed by atoms with E-state index in [9.17, 15) is 4.39 Å². The highest BCUT2D eigenvalue weighted by atomic mass is 19.1. The second kappa shape index (κ2) is 9.83. The number of fused-ring (bicyclic) bond motifs is 1. The number of aryl methyl sites for hydroxylation is 1. The van der Waals surface area contributed by atoms with Crippen molar-refractivity contribution in [3.05, 3.63) is 78.3 Å². The van der Waals surface area contributed by atoms with Gasteiger partial charge in [-0.15, -0.1) is 10.2 Å². The van der Waals surface area contributed by atoms with Gasteiger partial charge in [0.15, 0.2) is 0 Å². The molecule has 172 valence electrons. The van der Waals surface area contributed by atoms with E-state index in [0.717, 1.165) is 66.5 Å². The highest BCUT2D eigenvalue weighted by Gasteiger charge is 2.22. The Labute approximate surface area is 192 Å². The monoisotopic (exact) mass is 449 g/mol. The fourth-order valence-corrected chi connectivity index (χ4v) is 4.93. The lowest BCUT2D eigenvalue weighted by Crippen LogP contribution is -2.38. The van der Waals surface area contributed by atoms with Gasteiger partial charge in [0.25, 0.3) is 0 Å². The van der Waals surface area contributed by atoms with Crippen molar-refractivity contribution in [1.82, 2.24) is 24.6 Å². The van der Waals surface area contributed by atoms with E-state index in [2.05, 4.69) is 26.1 Å². The lowest BCUT2D eigenvalue weighted by molar-refractivity contribution is 0.137. The topological polar surface area (TPSA) is 49.7 Å². The van der Waals surface area contributed by atoms with Gasteiger partial charge in [0, 0.05) is 35.8 Å². The number of hydrogen-bond acceptors (Lipinski definition) is 3. The van der Waals surface area contributed by atoms with Crippen LogP contribution in [0.2, 0.25) is 0 Å².